The number of carbonyl (C=O) groups is 2. The van der Waals surface area contributed by atoms with Crippen molar-refractivity contribution in [2.75, 3.05) is 17.2 Å². The number of thiazole rings is 1. The largest absolute Gasteiger partial charge is 0.444 e. The van der Waals surface area contributed by atoms with E-state index in [0.717, 1.165) is 28.5 Å². The van der Waals surface area contributed by atoms with Crippen LogP contribution in [0.1, 0.15) is 42.9 Å². The molecule has 1 aromatic heterocycles. The van der Waals surface area contributed by atoms with E-state index in [4.69, 9.17) is 4.74 Å². The molecule has 0 fully saturated rings. The molecule has 0 radical (unpaired) electrons. The maximum Gasteiger partial charge on any atom is 0.412 e. The number of hydrogen-bond acceptors (Lipinski definition) is 6. The number of hydrogen-bond donors (Lipinski definition) is 3. The van der Waals surface area contributed by atoms with Gasteiger partial charge in [-0.15, -0.1) is 11.3 Å². The molecule has 7 nitrogen and oxygen atoms in total. The zero-order valence-electron chi connectivity index (χ0n) is 18.7. The molecule has 0 saturated heterocycles. The third-order valence-corrected chi connectivity index (χ3v) is 5.35. The van der Waals surface area contributed by atoms with Gasteiger partial charge in [-0.05, 0) is 51.6 Å². The van der Waals surface area contributed by atoms with Gasteiger partial charge in [0.2, 0.25) is 0 Å². The van der Waals surface area contributed by atoms with E-state index in [9.17, 15) is 9.59 Å². The first-order valence-electron chi connectivity index (χ1n) is 10.4. The third kappa shape index (κ3) is 6.63. The molecule has 0 aliphatic rings. The zero-order valence-corrected chi connectivity index (χ0v) is 19.5. The second kappa shape index (κ2) is 10.4. The predicted octanol–water partition coefficient (Wildman–Crippen LogP) is 5.52. The van der Waals surface area contributed by atoms with Crippen LogP contribution in [-0.4, -0.2) is 29.1 Å². The lowest BCUT2D eigenvalue weighted by atomic mass is 10.1. The molecule has 0 bridgehead atoms. The van der Waals surface area contributed by atoms with Crippen LogP contribution in [-0.2, 0) is 11.3 Å². The molecule has 0 aliphatic carbocycles. The summed E-state index contributed by atoms with van der Waals surface area (Å²) in [6, 6.07) is 14.3. The molecule has 3 rings (SSSR count). The van der Waals surface area contributed by atoms with Gasteiger partial charge in [0.25, 0.3) is 5.91 Å². The molecule has 0 spiro atoms. The number of rotatable bonds is 7. The molecule has 2 aromatic carbocycles. The van der Waals surface area contributed by atoms with Gasteiger partial charge >= 0.3 is 6.09 Å². The van der Waals surface area contributed by atoms with Gasteiger partial charge in [0.05, 0.1) is 11.4 Å². The lowest BCUT2D eigenvalue weighted by molar-refractivity contribution is 0.0635. The van der Waals surface area contributed by atoms with Gasteiger partial charge in [-0.1, -0.05) is 31.2 Å². The summed E-state index contributed by atoms with van der Waals surface area (Å²) in [5, 5.41) is 9.74. The highest BCUT2D eigenvalue weighted by Crippen LogP contribution is 2.26. The van der Waals surface area contributed by atoms with Crippen LogP contribution in [0.3, 0.4) is 0 Å². The Morgan fingerprint density at radius 1 is 1.00 bits per heavy atom. The van der Waals surface area contributed by atoms with E-state index >= 15 is 0 Å². The molecular weight excluding hydrogens is 424 g/mol. The maximum absolute atomic E-state index is 12.8. The normalized spacial score (nSPS) is 11.1. The number of nitrogens with zero attached hydrogens (tertiary/aromatic N) is 1. The Morgan fingerprint density at radius 3 is 2.28 bits per heavy atom. The summed E-state index contributed by atoms with van der Waals surface area (Å²) in [5.74, 6) is -0.276. The standard InChI is InChI=1S/C24H28N4O3S/c1-5-25-14-18-15-26-22(32-18)17-12-10-16(11-13-17)21(29)27-19-8-6-7-9-20(19)28-23(30)31-24(2,3)4/h6-13,15,25H,5,14H2,1-4H3,(H,27,29)(H,28,30). The molecule has 3 aromatic rings. The smallest absolute Gasteiger partial charge is 0.412 e. The number of anilines is 2. The summed E-state index contributed by atoms with van der Waals surface area (Å²) in [5.41, 5.74) is 1.80. The van der Waals surface area contributed by atoms with Gasteiger partial charge < -0.3 is 15.4 Å². The van der Waals surface area contributed by atoms with E-state index in [1.807, 2.05) is 18.3 Å². The number of ether oxygens (including phenoxy) is 1. The SMILES string of the molecule is CCNCc1cnc(-c2ccc(C(=O)Nc3ccccc3NC(=O)OC(C)(C)C)cc2)s1. The summed E-state index contributed by atoms with van der Waals surface area (Å²) in [6.07, 6.45) is 1.29. The molecule has 0 saturated carbocycles. The first-order chi connectivity index (χ1) is 15.2. The molecule has 1 heterocycles. The first kappa shape index (κ1) is 23.4. The van der Waals surface area contributed by atoms with Crippen LogP contribution in [0.25, 0.3) is 10.6 Å². The van der Waals surface area contributed by atoms with Gasteiger partial charge in [-0.2, -0.15) is 0 Å². The highest BCUT2D eigenvalue weighted by atomic mass is 32.1. The Kier molecular flexibility index (Phi) is 7.61. The quantitative estimate of drug-likeness (QED) is 0.439. The first-order valence-corrected chi connectivity index (χ1v) is 11.2. The number of amides is 2. The Balaban J connectivity index is 1.67. The Bertz CT molecular complexity index is 1070. The van der Waals surface area contributed by atoms with Crippen LogP contribution >= 0.6 is 11.3 Å². The van der Waals surface area contributed by atoms with Gasteiger partial charge in [0.15, 0.2) is 0 Å². The summed E-state index contributed by atoms with van der Waals surface area (Å²) < 4.78 is 5.29. The van der Waals surface area contributed by atoms with Crippen molar-refractivity contribution in [3.05, 3.63) is 65.2 Å². The molecule has 0 aliphatic heterocycles. The van der Waals surface area contributed by atoms with Crippen molar-refractivity contribution >= 4 is 34.7 Å². The van der Waals surface area contributed by atoms with Crippen molar-refractivity contribution < 1.29 is 14.3 Å². The van der Waals surface area contributed by atoms with Crippen molar-refractivity contribution in [2.45, 2.75) is 39.8 Å². The fourth-order valence-corrected chi connectivity index (χ4v) is 3.73. The molecule has 0 unspecified atom stereocenters. The number of carbonyl (C=O) groups excluding carboxylic acids is 2. The summed E-state index contributed by atoms with van der Waals surface area (Å²) >= 11 is 1.63. The Morgan fingerprint density at radius 2 is 1.66 bits per heavy atom. The van der Waals surface area contributed by atoms with Crippen LogP contribution in [0.5, 0.6) is 0 Å². The number of para-hydroxylation sites is 2. The fourth-order valence-electron chi connectivity index (χ4n) is 2.84. The Labute approximate surface area is 192 Å². The second-order valence-electron chi connectivity index (χ2n) is 8.12. The van der Waals surface area contributed by atoms with Crippen LogP contribution < -0.4 is 16.0 Å². The van der Waals surface area contributed by atoms with E-state index in [1.165, 1.54) is 0 Å². The molecule has 3 N–H and O–H groups in total. The minimum atomic E-state index is -0.616. The van der Waals surface area contributed by atoms with E-state index in [0.29, 0.717) is 16.9 Å². The van der Waals surface area contributed by atoms with Crippen molar-refractivity contribution in [1.29, 1.82) is 0 Å². The van der Waals surface area contributed by atoms with Gasteiger partial charge in [-0.25, -0.2) is 9.78 Å². The summed E-state index contributed by atoms with van der Waals surface area (Å²) in [6.45, 7) is 9.15. The topological polar surface area (TPSA) is 92.4 Å². The van der Waals surface area contributed by atoms with E-state index in [2.05, 4.69) is 27.9 Å². The second-order valence-corrected chi connectivity index (χ2v) is 9.23. The van der Waals surface area contributed by atoms with Crippen LogP contribution in [0.4, 0.5) is 16.2 Å². The van der Waals surface area contributed by atoms with Crippen LogP contribution in [0, 0.1) is 0 Å². The predicted molar refractivity (Wildman–Crippen MR) is 129 cm³/mol. The zero-order chi connectivity index (χ0) is 23.1. The highest BCUT2D eigenvalue weighted by molar-refractivity contribution is 7.15. The molecule has 0 atom stereocenters. The van der Waals surface area contributed by atoms with E-state index < -0.39 is 11.7 Å². The van der Waals surface area contributed by atoms with Gasteiger partial charge in [0, 0.05) is 28.7 Å². The average molecular weight is 453 g/mol. The lowest BCUT2D eigenvalue weighted by Crippen LogP contribution is -2.27. The lowest BCUT2D eigenvalue weighted by Gasteiger charge is -2.20. The summed E-state index contributed by atoms with van der Waals surface area (Å²) in [4.78, 5) is 30.5. The van der Waals surface area contributed by atoms with Gasteiger partial charge in [0.1, 0.15) is 10.6 Å². The fraction of sp³-hybridized carbons (Fsp3) is 0.292. The van der Waals surface area contributed by atoms with Crippen molar-refractivity contribution in [2.24, 2.45) is 0 Å². The molecule has 8 heteroatoms. The monoisotopic (exact) mass is 452 g/mol. The summed E-state index contributed by atoms with van der Waals surface area (Å²) in [7, 11) is 0. The van der Waals surface area contributed by atoms with Gasteiger partial charge in [-0.3, -0.25) is 10.1 Å². The van der Waals surface area contributed by atoms with Crippen molar-refractivity contribution in [3.8, 4) is 10.6 Å². The van der Waals surface area contributed by atoms with Crippen LogP contribution in [0.15, 0.2) is 54.7 Å². The molecule has 2 amide bonds. The van der Waals surface area contributed by atoms with Crippen molar-refractivity contribution in [3.63, 3.8) is 0 Å². The van der Waals surface area contributed by atoms with Crippen molar-refractivity contribution in [1.82, 2.24) is 10.3 Å². The average Bonchev–Trinajstić information content (AvgIpc) is 3.21. The minimum Gasteiger partial charge on any atom is -0.444 e. The highest BCUT2D eigenvalue weighted by Gasteiger charge is 2.18. The number of aromatic nitrogens is 1. The molecule has 32 heavy (non-hydrogen) atoms. The molecule has 168 valence electrons. The number of nitrogens with one attached hydrogen (secondary N) is 3. The number of benzene rings is 2. The molecular formula is C24H28N4O3S. The van der Waals surface area contributed by atoms with Crippen LogP contribution in [0.2, 0.25) is 0 Å². The Hall–Kier alpha value is -3.23. The third-order valence-electron chi connectivity index (χ3n) is 4.31. The van der Waals surface area contributed by atoms with E-state index in [-0.39, 0.29) is 5.91 Å². The minimum absolute atomic E-state index is 0.276. The van der Waals surface area contributed by atoms with E-state index in [1.54, 1.807) is 68.5 Å². The maximum atomic E-state index is 12.8.